The molecule has 1 atom stereocenters. The number of methoxy groups -OCH3 is 1. The van der Waals surface area contributed by atoms with Crippen LogP contribution in [0.5, 0.6) is 0 Å². The van der Waals surface area contributed by atoms with Crippen molar-refractivity contribution in [3.63, 3.8) is 0 Å². The number of thiazole rings is 1. The molecule has 37 heavy (non-hydrogen) atoms. The minimum Gasteiger partial charge on any atom is -0.402 e. The second-order valence-corrected chi connectivity index (χ2v) is 10.1. The van der Waals surface area contributed by atoms with Gasteiger partial charge in [0.1, 0.15) is 11.7 Å². The maximum absolute atomic E-state index is 14.4. The predicted octanol–water partition coefficient (Wildman–Crippen LogP) is 5.79. The Labute approximate surface area is 224 Å². The maximum Gasteiger partial charge on any atom is 0.253 e. The van der Waals surface area contributed by atoms with Crippen LogP contribution in [0.25, 0.3) is 11.3 Å². The first-order valence-corrected chi connectivity index (χ1v) is 13.3. The van der Waals surface area contributed by atoms with Crippen molar-refractivity contribution in [3.8, 4) is 11.3 Å². The number of nitrogens with zero attached hydrogens (tertiary/aromatic N) is 2. The number of ether oxygens (including phenoxy) is 1. The summed E-state index contributed by atoms with van der Waals surface area (Å²) in [6.45, 7) is 10.5. The Morgan fingerprint density at radius 2 is 2.03 bits per heavy atom. The van der Waals surface area contributed by atoms with E-state index in [1.54, 1.807) is 36.4 Å². The number of rotatable bonds is 11. The van der Waals surface area contributed by atoms with E-state index in [0.717, 1.165) is 22.8 Å². The van der Waals surface area contributed by atoms with Crippen molar-refractivity contribution in [2.75, 3.05) is 19.0 Å². The Kier molecular flexibility index (Phi) is 12.5. The normalized spacial score (nSPS) is 11.5. The molecule has 0 aliphatic heterocycles. The summed E-state index contributed by atoms with van der Waals surface area (Å²) >= 11 is 0.730. The van der Waals surface area contributed by atoms with Crippen LogP contribution in [0.2, 0.25) is 6.82 Å². The number of hydrogen-bond donors (Lipinski definition) is 2. The summed E-state index contributed by atoms with van der Waals surface area (Å²) in [6, 6.07) is 7.96. The van der Waals surface area contributed by atoms with Crippen molar-refractivity contribution in [1.29, 1.82) is 0 Å². The van der Waals surface area contributed by atoms with Crippen molar-refractivity contribution < 1.29 is 18.7 Å². The Balaban J connectivity index is 0.000000604. The van der Waals surface area contributed by atoms with Crippen LogP contribution in [0, 0.1) is 18.0 Å². The molecule has 2 heterocycles. The number of unbranched alkanes of at least 4 members (excludes halogenated alkanes) is 1. The first-order valence-electron chi connectivity index (χ1n) is 12.5. The minimum atomic E-state index is -0.967. The Bertz CT molecular complexity index is 1150. The average molecular weight is 527 g/mol. The first-order chi connectivity index (χ1) is 17.7. The molecule has 2 aromatic heterocycles. The van der Waals surface area contributed by atoms with E-state index < -0.39 is 23.0 Å². The third-order valence-electron chi connectivity index (χ3n) is 5.47. The number of carbonyl (C=O) groups is 2. The van der Waals surface area contributed by atoms with Gasteiger partial charge in [0, 0.05) is 18.9 Å². The molecule has 10 heteroatoms. The summed E-state index contributed by atoms with van der Waals surface area (Å²) < 4.78 is 21.2. The lowest BCUT2D eigenvalue weighted by Crippen LogP contribution is -2.46. The first kappa shape index (κ1) is 30.3. The van der Waals surface area contributed by atoms with Crippen LogP contribution in [0.15, 0.2) is 42.7 Å². The lowest BCUT2D eigenvalue weighted by atomic mass is 10.0. The standard InChI is InChI=1S/C20H21BFN4O3S.C7H16/c1-12-5-4-6-13(9-12)16-17(22)30-20(24-16)25-19(28)15(11-29-3)23-18(27)14-7-8-26(10-14)21-2;1-4-5-6-7(2)3/h4-10,15H,11H2,1-3H3,(H,23,27)(H,24,25,28);7H,4-6H2,1-3H3. The molecule has 1 unspecified atom stereocenters. The van der Waals surface area contributed by atoms with Gasteiger partial charge in [0.05, 0.1) is 12.2 Å². The van der Waals surface area contributed by atoms with E-state index in [-0.39, 0.29) is 17.4 Å². The summed E-state index contributed by atoms with van der Waals surface area (Å²) in [7, 11) is 3.22. The molecule has 3 rings (SSSR count). The van der Waals surface area contributed by atoms with Gasteiger partial charge in [0.25, 0.3) is 11.8 Å². The molecule has 2 N–H and O–H groups in total. The van der Waals surface area contributed by atoms with Crippen LogP contribution in [-0.2, 0) is 9.53 Å². The number of amides is 2. The van der Waals surface area contributed by atoms with Crippen molar-refractivity contribution in [3.05, 3.63) is 59.0 Å². The number of hydrogen-bond acceptors (Lipinski definition) is 5. The lowest BCUT2D eigenvalue weighted by Gasteiger charge is -2.16. The van der Waals surface area contributed by atoms with Gasteiger partial charge in [-0.25, -0.2) is 4.98 Å². The highest BCUT2D eigenvalue weighted by Gasteiger charge is 2.24. The predicted molar refractivity (Wildman–Crippen MR) is 150 cm³/mol. The summed E-state index contributed by atoms with van der Waals surface area (Å²) in [4.78, 5) is 29.3. The Hall–Kier alpha value is -2.98. The van der Waals surface area contributed by atoms with Gasteiger partial charge in [-0.15, -0.1) is 0 Å². The smallest absolute Gasteiger partial charge is 0.253 e. The number of carbonyl (C=O) groups excluding carboxylic acids is 2. The lowest BCUT2D eigenvalue weighted by molar-refractivity contribution is -0.119. The van der Waals surface area contributed by atoms with Crippen molar-refractivity contribution in [1.82, 2.24) is 14.8 Å². The van der Waals surface area contributed by atoms with Crippen molar-refractivity contribution >= 4 is 35.7 Å². The van der Waals surface area contributed by atoms with E-state index in [0.29, 0.717) is 11.1 Å². The monoisotopic (exact) mass is 527 g/mol. The van der Waals surface area contributed by atoms with Gasteiger partial charge in [-0.3, -0.25) is 14.9 Å². The fourth-order valence-corrected chi connectivity index (χ4v) is 4.15. The largest absolute Gasteiger partial charge is 0.402 e. The molecule has 0 spiro atoms. The topological polar surface area (TPSA) is 85.2 Å². The number of nitrogens with one attached hydrogen (secondary N) is 2. The van der Waals surface area contributed by atoms with Crippen LogP contribution < -0.4 is 10.6 Å². The van der Waals surface area contributed by atoms with Crippen LogP contribution in [0.1, 0.15) is 56.0 Å². The zero-order valence-electron chi connectivity index (χ0n) is 22.5. The third kappa shape index (κ3) is 9.78. The number of aromatic nitrogens is 2. The molecule has 1 aromatic carbocycles. The number of aryl methyl sites for hydroxylation is 1. The molecule has 0 bridgehead atoms. The van der Waals surface area contributed by atoms with Crippen LogP contribution >= 0.6 is 11.3 Å². The quantitative estimate of drug-likeness (QED) is 0.309. The summed E-state index contributed by atoms with van der Waals surface area (Å²) in [5.41, 5.74) is 2.18. The van der Waals surface area contributed by atoms with Gasteiger partial charge in [0.15, 0.2) is 5.13 Å². The van der Waals surface area contributed by atoms with E-state index >= 15 is 0 Å². The molecule has 0 aliphatic carbocycles. The van der Waals surface area contributed by atoms with E-state index in [4.69, 9.17) is 4.74 Å². The van der Waals surface area contributed by atoms with Crippen LogP contribution in [0.3, 0.4) is 0 Å². The summed E-state index contributed by atoms with van der Waals surface area (Å²) in [5, 5.41) is 4.81. The fraction of sp³-hybridized carbons (Fsp3) is 0.444. The summed E-state index contributed by atoms with van der Waals surface area (Å²) in [6.07, 6.45) is 7.51. The van der Waals surface area contributed by atoms with Crippen LogP contribution in [-0.4, -0.2) is 48.4 Å². The maximum atomic E-state index is 14.4. The zero-order chi connectivity index (χ0) is 27.4. The number of benzene rings is 1. The molecule has 3 aromatic rings. The molecule has 2 amide bonds. The molecule has 1 radical (unpaired) electrons. The highest BCUT2D eigenvalue weighted by atomic mass is 32.1. The highest BCUT2D eigenvalue weighted by Crippen LogP contribution is 2.30. The minimum absolute atomic E-state index is 0.0449. The second kappa shape index (κ2) is 15.3. The zero-order valence-corrected chi connectivity index (χ0v) is 23.3. The van der Waals surface area contributed by atoms with Gasteiger partial charge in [0.2, 0.25) is 12.5 Å². The van der Waals surface area contributed by atoms with Gasteiger partial charge < -0.3 is 14.5 Å². The van der Waals surface area contributed by atoms with Gasteiger partial charge >= 0.3 is 0 Å². The van der Waals surface area contributed by atoms with Crippen molar-refractivity contribution in [2.45, 2.75) is 59.8 Å². The highest BCUT2D eigenvalue weighted by molar-refractivity contribution is 7.14. The van der Waals surface area contributed by atoms with Crippen molar-refractivity contribution in [2.24, 2.45) is 5.92 Å². The van der Waals surface area contributed by atoms with Gasteiger partial charge in [-0.1, -0.05) is 82.0 Å². The van der Waals surface area contributed by atoms with E-state index in [1.165, 1.54) is 26.4 Å². The Morgan fingerprint density at radius 1 is 1.27 bits per heavy atom. The molecule has 0 fully saturated rings. The van der Waals surface area contributed by atoms with Gasteiger partial charge in [-0.2, -0.15) is 4.39 Å². The van der Waals surface area contributed by atoms with Crippen LogP contribution in [0.4, 0.5) is 9.52 Å². The molecule has 0 aliphatic rings. The van der Waals surface area contributed by atoms with E-state index in [9.17, 15) is 14.0 Å². The number of halogens is 1. The van der Waals surface area contributed by atoms with Gasteiger partial charge in [-0.05, 0) is 31.2 Å². The molecule has 0 saturated heterocycles. The number of anilines is 1. The SMILES string of the molecule is CCCCC(C)C.C[B]n1ccc(C(=O)NC(COC)C(=O)Nc2nc(-c3cccc(C)c3)c(F)s2)c1. The average Bonchev–Trinajstić information content (AvgIpc) is 3.49. The van der Waals surface area contributed by atoms with E-state index in [1.807, 2.05) is 31.9 Å². The third-order valence-corrected chi connectivity index (χ3v) is 6.23. The Morgan fingerprint density at radius 3 is 2.59 bits per heavy atom. The molecular weight excluding hydrogens is 490 g/mol. The molecular formula is C27H37BFN4O3S. The molecule has 0 saturated carbocycles. The molecule has 7 nitrogen and oxygen atoms in total. The van der Waals surface area contributed by atoms with E-state index in [2.05, 4.69) is 36.4 Å². The molecule has 199 valence electrons. The summed E-state index contributed by atoms with van der Waals surface area (Å²) in [5.74, 6) is -0.0604. The second-order valence-electron chi connectivity index (χ2n) is 9.12. The fourth-order valence-electron chi connectivity index (χ4n) is 3.43.